The van der Waals surface area contributed by atoms with E-state index in [4.69, 9.17) is 27.9 Å². The molecular formula is C26H27Cl2F4N3O3. The van der Waals surface area contributed by atoms with Gasteiger partial charge in [-0.15, -0.1) is 0 Å². The molecule has 2 aromatic rings. The number of halogens is 6. The minimum absolute atomic E-state index is 0.0480. The molecule has 4 rings (SSSR count). The van der Waals surface area contributed by atoms with Gasteiger partial charge in [0.25, 0.3) is 11.8 Å². The van der Waals surface area contributed by atoms with Crippen LogP contribution < -0.4 is 20.3 Å². The second-order valence-electron chi connectivity index (χ2n) is 10.1. The second-order valence-corrected chi connectivity index (χ2v) is 10.9. The van der Waals surface area contributed by atoms with E-state index in [1.807, 2.05) is 4.90 Å². The fourth-order valence-corrected chi connectivity index (χ4v) is 5.51. The van der Waals surface area contributed by atoms with Crippen LogP contribution in [0.2, 0.25) is 10.0 Å². The number of carbonyl (C=O) groups excluding carboxylic acids is 2. The smallest absolute Gasteiger partial charge is 0.405 e. The van der Waals surface area contributed by atoms with Crippen molar-refractivity contribution in [2.45, 2.75) is 69.4 Å². The van der Waals surface area contributed by atoms with Crippen LogP contribution in [0.3, 0.4) is 0 Å². The van der Waals surface area contributed by atoms with E-state index in [0.29, 0.717) is 23.6 Å². The number of nitrogens with zero attached hydrogens (tertiary/aromatic N) is 1. The van der Waals surface area contributed by atoms with Crippen molar-refractivity contribution in [1.82, 2.24) is 10.6 Å². The van der Waals surface area contributed by atoms with E-state index < -0.39 is 30.0 Å². The highest BCUT2D eigenvalue weighted by Crippen LogP contribution is 2.41. The topological polar surface area (TPSA) is 70.7 Å². The summed E-state index contributed by atoms with van der Waals surface area (Å²) >= 11 is 12.1. The highest BCUT2D eigenvalue weighted by atomic mass is 35.5. The van der Waals surface area contributed by atoms with Crippen LogP contribution in [-0.4, -0.2) is 48.3 Å². The van der Waals surface area contributed by atoms with Crippen LogP contribution in [0.25, 0.3) is 0 Å². The van der Waals surface area contributed by atoms with Gasteiger partial charge in [-0.25, -0.2) is 4.39 Å². The molecule has 12 heteroatoms. The van der Waals surface area contributed by atoms with E-state index in [-0.39, 0.29) is 40.3 Å². The summed E-state index contributed by atoms with van der Waals surface area (Å²) in [5.41, 5.74) is -1.12. The van der Waals surface area contributed by atoms with Gasteiger partial charge >= 0.3 is 6.18 Å². The van der Waals surface area contributed by atoms with Crippen LogP contribution in [0, 0.1) is 5.82 Å². The van der Waals surface area contributed by atoms with Crippen molar-refractivity contribution in [2.75, 3.05) is 11.4 Å². The monoisotopic (exact) mass is 575 g/mol. The molecule has 2 heterocycles. The summed E-state index contributed by atoms with van der Waals surface area (Å²) in [7, 11) is 0. The molecule has 0 saturated carbocycles. The summed E-state index contributed by atoms with van der Waals surface area (Å²) in [6.07, 6.45) is -1.81. The molecule has 2 aliphatic rings. The molecule has 2 aromatic carbocycles. The lowest BCUT2D eigenvalue weighted by molar-refractivity contribution is -0.135. The molecule has 0 spiro atoms. The van der Waals surface area contributed by atoms with Gasteiger partial charge in [-0.2, -0.15) is 13.2 Å². The van der Waals surface area contributed by atoms with E-state index >= 15 is 4.39 Å². The molecule has 3 atom stereocenters. The van der Waals surface area contributed by atoms with E-state index in [1.54, 1.807) is 31.3 Å². The summed E-state index contributed by atoms with van der Waals surface area (Å²) in [5, 5.41) is 5.53. The summed E-state index contributed by atoms with van der Waals surface area (Å²) in [5.74, 6) is -1.67. The van der Waals surface area contributed by atoms with Crippen LogP contribution in [0.1, 0.15) is 49.9 Å². The van der Waals surface area contributed by atoms with E-state index in [2.05, 4.69) is 5.32 Å². The molecule has 2 aliphatic heterocycles. The average molecular weight is 576 g/mol. The quantitative estimate of drug-likeness (QED) is 0.403. The molecular weight excluding hydrogens is 549 g/mol. The lowest BCUT2D eigenvalue weighted by atomic mass is 9.95. The maximum Gasteiger partial charge on any atom is 0.405 e. The normalized spacial score (nSPS) is 21.3. The van der Waals surface area contributed by atoms with Crippen LogP contribution in [0.4, 0.5) is 23.2 Å². The number of hydrogen-bond acceptors (Lipinski definition) is 4. The third kappa shape index (κ3) is 6.46. The molecule has 206 valence electrons. The first kappa shape index (κ1) is 28.3. The Morgan fingerprint density at radius 2 is 1.71 bits per heavy atom. The Bertz CT molecular complexity index is 1210. The minimum Gasteiger partial charge on any atom is -0.476 e. The second kappa shape index (κ2) is 10.8. The Hall–Kier alpha value is -2.72. The highest BCUT2D eigenvalue weighted by Gasteiger charge is 2.43. The van der Waals surface area contributed by atoms with Crippen molar-refractivity contribution in [2.24, 2.45) is 0 Å². The molecule has 0 aliphatic carbocycles. The summed E-state index contributed by atoms with van der Waals surface area (Å²) in [6.45, 7) is 1.78. The third-order valence-electron chi connectivity index (χ3n) is 6.81. The lowest BCUT2D eigenvalue weighted by Gasteiger charge is -2.41. The zero-order chi connectivity index (χ0) is 27.8. The van der Waals surface area contributed by atoms with Crippen molar-refractivity contribution >= 4 is 40.7 Å². The van der Waals surface area contributed by atoms with Gasteiger partial charge in [0.1, 0.15) is 18.1 Å². The van der Waals surface area contributed by atoms with Crippen molar-refractivity contribution in [1.29, 1.82) is 0 Å². The molecule has 0 aromatic heterocycles. The Morgan fingerprint density at radius 1 is 1.05 bits per heavy atom. The zero-order valence-corrected chi connectivity index (χ0v) is 22.2. The Balaban J connectivity index is 1.39. The first-order valence-corrected chi connectivity index (χ1v) is 12.9. The van der Waals surface area contributed by atoms with Gasteiger partial charge in [-0.05, 0) is 75.9 Å². The van der Waals surface area contributed by atoms with E-state index in [9.17, 15) is 22.8 Å². The Morgan fingerprint density at radius 3 is 2.29 bits per heavy atom. The summed E-state index contributed by atoms with van der Waals surface area (Å²) in [6, 6.07) is 8.19. The maximum absolute atomic E-state index is 15.0. The zero-order valence-electron chi connectivity index (χ0n) is 20.7. The molecule has 2 bridgehead atoms. The van der Waals surface area contributed by atoms with Crippen molar-refractivity contribution < 1.29 is 31.9 Å². The predicted octanol–water partition coefficient (Wildman–Crippen LogP) is 5.90. The van der Waals surface area contributed by atoms with Crippen LogP contribution >= 0.6 is 23.2 Å². The number of benzene rings is 2. The van der Waals surface area contributed by atoms with Gasteiger partial charge in [0, 0.05) is 28.7 Å². The molecule has 0 radical (unpaired) electrons. The van der Waals surface area contributed by atoms with Gasteiger partial charge in [-0.1, -0.05) is 23.2 Å². The van der Waals surface area contributed by atoms with Crippen molar-refractivity contribution in [3.63, 3.8) is 0 Å². The van der Waals surface area contributed by atoms with Crippen LogP contribution in [-0.2, 0) is 4.79 Å². The lowest BCUT2D eigenvalue weighted by Crippen LogP contribution is -2.55. The molecule has 2 saturated heterocycles. The molecule has 2 N–H and O–H groups in total. The number of amides is 2. The van der Waals surface area contributed by atoms with E-state index in [0.717, 1.165) is 18.9 Å². The SMILES string of the molecule is CC(C)(Oc1ccc(Cl)cc1Cl)C(=O)N[C@H]1C[C@H]2CC[C@@H](C1)N2c1ccc(C(=O)NCC(F)(F)F)cc1F. The highest BCUT2D eigenvalue weighted by molar-refractivity contribution is 6.35. The first-order valence-electron chi connectivity index (χ1n) is 12.1. The summed E-state index contributed by atoms with van der Waals surface area (Å²) in [4.78, 5) is 27.0. The third-order valence-corrected chi connectivity index (χ3v) is 7.34. The van der Waals surface area contributed by atoms with Crippen molar-refractivity contribution in [3.8, 4) is 5.75 Å². The number of fused-ring (bicyclic) bond motifs is 2. The molecule has 2 fully saturated rings. The molecule has 2 amide bonds. The van der Waals surface area contributed by atoms with Gasteiger partial charge in [0.05, 0.1) is 10.7 Å². The van der Waals surface area contributed by atoms with Gasteiger partial charge in [0.15, 0.2) is 5.60 Å². The minimum atomic E-state index is -4.56. The maximum atomic E-state index is 15.0. The number of nitrogens with one attached hydrogen (secondary N) is 2. The largest absolute Gasteiger partial charge is 0.476 e. The molecule has 38 heavy (non-hydrogen) atoms. The van der Waals surface area contributed by atoms with Crippen LogP contribution in [0.15, 0.2) is 36.4 Å². The number of alkyl halides is 3. The van der Waals surface area contributed by atoms with Crippen molar-refractivity contribution in [3.05, 3.63) is 57.8 Å². The van der Waals surface area contributed by atoms with E-state index in [1.165, 1.54) is 18.2 Å². The fraction of sp³-hybridized carbons (Fsp3) is 0.462. The number of ether oxygens (including phenoxy) is 1. The first-order chi connectivity index (χ1) is 17.7. The Labute approximate surface area is 227 Å². The number of rotatable bonds is 7. The predicted molar refractivity (Wildman–Crippen MR) is 136 cm³/mol. The number of piperidine rings is 1. The average Bonchev–Trinajstić information content (AvgIpc) is 3.08. The number of hydrogen-bond donors (Lipinski definition) is 2. The Kier molecular flexibility index (Phi) is 8.04. The standard InChI is InChI=1S/C26H27Cl2F4N3O3/c1-25(2,38-22-8-4-15(27)10-19(22)28)24(37)34-16-11-17-5-6-18(12-16)35(17)21-7-3-14(9-20(21)29)23(36)33-13-26(30,31)32/h3-4,7-10,16-18H,5-6,11-13H2,1-2H3,(H,33,36)(H,34,37)/t16-,17+,18-. The van der Waals surface area contributed by atoms with Gasteiger partial charge in [-0.3, -0.25) is 9.59 Å². The van der Waals surface area contributed by atoms with Gasteiger partial charge < -0.3 is 20.3 Å². The van der Waals surface area contributed by atoms with Crippen LogP contribution in [0.5, 0.6) is 5.75 Å². The summed E-state index contributed by atoms with van der Waals surface area (Å²) < 4.78 is 58.0. The number of carbonyl (C=O) groups is 2. The number of anilines is 1. The van der Waals surface area contributed by atoms with Gasteiger partial charge in [0.2, 0.25) is 0 Å². The molecule has 6 nitrogen and oxygen atoms in total. The molecule has 0 unspecified atom stereocenters. The fourth-order valence-electron chi connectivity index (χ4n) is 5.07.